The summed E-state index contributed by atoms with van der Waals surface area (Å²) in [6, 6.07) is 6.42. The minimum Gasteiger partial charge on any atom is -0.319 e. The van der Waals surface area contributed by atoms with E-state index in [1.54, 1.807) is 18.3 Å². The summed E-state index contributed by atoms with van der Waals surface area (Å²) in [5.74, 6) is 0.145. The topological polar surface area (TPSA) is 65.1 Å². The molecule has 0 spiro atoms. The normalized spacial score (nSPS) is 14.2. The lowest BCUT2D eigenvalue weighted by molar-refractivity contribution is -0.384. The number of nitro benzene ring substituents is 1. The first kappa shape index (κ1) is 13.1. The molecule has 0 radical (unpaired) electrons. The molecule has 102 valence electrons. The van der Waals surface area contributed by atoms with Crippen molar-refractivity contribution in [2.75, 3.05) is 0 Å². The number of hydrogen-bond acceptors (Lipinski definition) is 3. The Labute approximate surface area is 123 Å². The molecule has 5 nitrogen and oxygen atoms in total. The van der Waals surface area contributed by atoms with Crippen LogP contribution in [0.2, 0.25) is 0 Å². The Bertz CT molecular complexity index is 721. The van der Waals surface area contributed by atoms with Crippen LogP contribution in [0, 0.1) is 10.1 Å². The van der Waals surface area contributed by atoms with Gasteiger partial charge in [-0.2, -0.15) is 0 Å². The van der Waals surface area contributed by atoms with Crippen molar-refractivity contribution < 1.29 is 9.72 Å². The largest absolute Gasteiger partial charge is 0.319 e. The summed E-state index contributed by atoms with van der Waals surface area (Å²) < 4.78 is 2.63. The van der Waals surface area contributed by atoms with E-state index in [-0.39, 0.29) is 11.5 Å². The van der Waals surface area contributed by atoms with Gasteiger partial charge in [-0.25, -0.2) is 0 Å². The van der Waals surface area contributed by atoms with Gasteiger partial charge in [0, 0.05) is 40.5 Å². The van der Waals surface area contributed by atoms with Gasteiger partial charge in [-0.15, -0.1) is 0 Å². The molecule has 0 unspecified atom stereocenters. The fourth-order valence-corrected chi connectivity index (χ4v) is 2.99. The van der Waals surface area contributed by atoms with Gasteiger partial charge in [0.05, 0.1) is 10.6 Å². The van der Waals surface area contributed by atoms with E-state index < -0.39 is 4.92 Å². The van der Waals surface area contributed by atoms with Crippen LogP contribution in [-0.2, 0) is 6.42 Å². The second kappa shape index (κ2) is 4.86. The highest BCUT2D eigenvalue weighted by Crippen LogP contribution is 2.31. The van der Waals surface area contributed by atoms with Crippen LogP contribution in [0.3, 0.4) is 0 Å². The van der Waals surface area contributed by atoms with E-state index in [1.165, 1.54) is 12.1 Å². The molecule has 0 aliphatic heterocycles. The third-order valence-corrected chi connectivity index (χ3v) is 4.18. The molecule has 2 aromatic rings. The monoisotopic (exact) mass is 334 g/mol. The minimum atomic E-state index is -0.420. The number of nitro groups is 1. The predicted molar refractivity (Wildman–Crippen MR) is 77.4 cm³/mol. The van der Waals surface area contributed by atoms with Crippen LogP contribution >= 0.6 is 15.9 Å². The quantitative estimate of drug-likeness (QED) is 0.621. The summed E-state index contributed by atoms with van der Waals surface area (Å²) in [7, 11) is 0. The lowest BCUT2D eigenvalue weighted by Crippen LogP contribution is -2.12. The summed E-state index contributed by atoms with van der Waals surface area (Å²) in [5, 5.41) is 10.9. The van der Waals surface area contributed by atoms with Crippen molar-refractivity contribution in [3.8, 4) is 5.69 Å². The highest BCUT2D eigenvalue weighted by Gasteiger charge is 2.22. The van der Waals surface area contributed by atoms with Gasteiger partial charge in [0.1, 0.15) is 0 Å². The number of hydrogen-bond donors (Lipinski definition) is 0. The maximum atomic E-state index is 11.9. The van der Waals surface area contributed by atoms with Gasteiger partial charge >= 0.3 is 0 Å². The summed E-state index contributed by atoms with van der Waals surface area (Å²) in [6.45, 7) is 0. The molecule has 1 aromatic carbocycles. The van der Waals surface area contributed by atoms with Crippen molar-refractivity contribution >= 4 is 27.4 Å². The van der Waals surface area contributed by atoms with Crippen molar-refractivity contribution in [1.82, 2.24) is 4.57 Å². The first-order chi connectivity index (χ1) is 9.58. The van der Waals surface area contributed by atoms with Crippen LogP contribution in [0.4, 0.5) is 5.69 Å². The molecule has 1 aromatic heterocycles. The maximum absolute atomic E-state index is 11.9. The molecule has 0 saturated carbocycles. The number of benzene rings is 1. The van der Waals surface area contributed by atoms with Gasteiger partial charge in [0.25, 0.3) is 5.69 Å². The number of ketones is 1. The van der Waals surface area contributed by atoms with Crippen LogP contribution in [0.25, 0.3) is 5.69 Å². The van der Waals surface area contributed by atoms with Crippen LogP contribution in [0.1, 0.15) is 28.9 Å². The lowest BCUT2D eigenvalue weighted by Gasteiger charge is -2.15. The first-order valence-corrected chi connectivity index (χ1v) is 7.05. The number of halogens is 1. The van der Waals surface area contributed by atoms with E-state index in [9.17, 15) is 14.9 Å². The van der Waals surface area contributed by atoms with E-state index in [0.29, 0.717) is 12.1 Å². The van der Waals surface area contributed by atoms with Gasteiger partial charge in [-0.3, -0.25) is 14.9 Å². The Morgan fingerprint density at radius 3 is 2.80 bits per heavy atom. The predicted octanol–water partition coefficient (Wildman–Crippen LogP) is 3.67. The number of aromatic nitrogens is 1. The molecule has 20 heavy (non-hydrogen) atoms. The summed E-state index contributed by atoms with van der Waals surface area (Å²) in [5.41, 5.74) is 2.39. The lowest BCUT2D eigenvalue weighted by atomic mass is 9.97. The first-order valence-electron chi connectivity index (χ1n) is 6.25. The second-order valence-corrected chi connectivity index (χ2v) is 5.57. The summed E-state index contributed by atoms with van der Waals surface area (Å²) in [6.07, 6.45) is 4.01. The summed E-state index contributed by atoms with van der Waals surface area (Å²) >= 11 is 3.42. The van der Waals surface area contributed by atoms with Crippen LogP contribution < -0.4 is 0 Å². The molecule has 0 atom stereocenters. The molecular weight excluding hydrogens is 324 g/mol. The molecule has 0 amide bonds. The number of non-ortho nitro benzene ring substituents is 1. The van der Waals surface area contributed by atoms with Crippen LogP contribution in [-0.4, -0.2) is 15.3 Å². The third kappa shape index (κ3) is 2.06. The van der Waals surface area contributed by atoms with Crippen molar-refractivity contribution in [1.29, 1.82) is 0 Å². The highest BCUT2D eigenvalue weighted by molar-refractivity contribution is 9.10. The Hall–Kier alpha value is -1.95. The maximum Gasteiger partial charge on any atom is 0.271 e. The van der Waals surface area contributed by atoms with Gasteiger partial charge in [-0.05, 0) is 40.9 Å². The van der Waals surface area contributed by atoms with E-state index in [1.807, 2.05) is 4.57 Å². The van der Waals surface area contributed by atoms with Gasteiger partial charge in [-0.1, -0.05) is 0 Å². The zero-order chi connectivity index (χ0) is 14.3. The fourth-order valence-electron chi connectivity index (χ4n) is 2.55. The Morgan fingerprint density at radius 2 is 2.05 bits per heavy atom. The van der Waals surface area contributed by atoms with Gasteiger partial charge in [0.15, 0.2) is 5.78 Å². The van der Waals surface area contributed by atoms with Crippen molar-refractivity contribution in [2.45, 2.75) is 19.3 Å². The van der Waals surface area contributed by atoms with E-state index in [2.05, 4.69) is 15.9 Å². The Morgan fingerprint density at radius 1 is 1.25 bits per heavy atom. The molecule has 0 bridgehead atoms. The van der Waals surface area contributed by atoms with E-state index in [0.717, 1.165) is 28.6 Å². The molecule has 1 aliphatic carbocycles. The number of nitrogens with zero attached hydrogens (tertiary/aromatic N) is 2. The standard InChI is InChI=1S/C14H11BrN2O3/c15-11-5-4-9(17(19)20)8-13(11)16-7-6-10-12(16)2-1-3-14(10)18/h4-8H,1-3H2. The van der Waals surface area contributed by atoms with Crippen molar-refractivity contribution in [3.05, 3.63) is 56.3 Å². The van der Waals surface area contributed by atoms with Crippen molar-refractivity contribution in [3.63, 3.8) is 0 Å². The molecule has 3 rings (SSSR count). The zero-order valence-corrected chi connectivity index (χ0v) is 12.1. The number of carbonyl (C=O) groups is 1. The smallest absolute Gasteiger partial charge is 0.271 e. The average molecular weight is 335 g/mol. The average Bonchev–Trinajstić information content (AvgIpc) is 2.84. The molecule has 0 fully saturated rings. The highest BCUT2D eigenvalue weighted by atomic mass is 79.9. The zero-order valence-electron chi connectivity index (χ0n) is 10.5. The van der Waals surface area contributed by atoms with Crippen LogP contribution in [0.5, 0.6) is 0 Å². The molecule has 1 heterocycles. The number of fused-ring (bicyclic) bond motifs is 1. The molecule has 0 saturated heterocycles. The van der Waals surface area contributed by atoms with Gasteiger partial charge < -0.3 is 4.57 Å². The van der Waals surface area contributed by atoms with Crippen molar-refractivity contribution in [2.24, 2.45) is 0 Å². The SMILES string of the molecule is O=C1CCCc2c1ccn2-c1cc([N+](=O)[O-])ccc1Br. The molecule has 0 N–H and O–H groups in total. The van der Waals surface area contributed by atoms with Crippen LogP contribution in [0.15, 0.2) is 34.9 Å². The number of rotatable bonds is 2. The summed E-state index contributed by atoms with van der Waals surface area (Å²) in [4.78, 5) is 22.3. The number of carbonyl (C=O) groups excluding carboxylic acids is 1. The van der Waals surface area contributed by atoms with Gasteiger partial charge in [0.2, 0.25) is 0 Å². The molecular formula is C14H11BrN2O3. The third-order valence-electron chi connectivity index (χ3n) is 3.51. The number of Topliss-reactive ketones (excluding diaryl/α,β-unsaturated/α-hetero) is 1. The Balaban J connectivity index is 2.17. The van der Waals surface area contributed by atoms with E-state index >= 15 is 0 Å². The Kier molecular flexibility index (Phi) is 3.17. The molecule has 6 heteroatoms. The molecule has 1 aliphatic rings. The van der Waals surface area contributed by atoms with E-state index in [4.69, 9.17) is 0 Å². The minimum absolute atomic E-state index is 0.0350. The fraction of sp³-hybridized carbons (Fsp3) is 0.214. The second-order valence-electron chi connectivity index (χ2n) is 4.72.